The van der Waals surface area contributed by atoms with Crippen LogP contribution in [0.2, 0.25) is 0 Å². The molecule has 0 spiro atoms. The van der Waals surface area contributed by atoms with Gasteiger partial charge in [-0.15, -0.1) is 0 Å². The molecular formula is C13H22N2O2. The zero-order valence-electron chi connectivity index (χ0n) is 10.7. The number of hydrogen-bond acceptors (Lipinski definition) is 4. The van der Waals surface area contributed by atoms with Gasteiger partial charge in [-0.3, -0.25) is 0 Å². The van der Waals surface area contributed by atoms with Crippen LogP contribution in [0.4, 0.5) is 0 Å². The molecule has 0 unspecified atom stereocenters. The van der Waals surface area contributed by atoms with Gasteiger partial charge in [0.2, 0.25) is 5.89 Å². The second-order valence-electron chi connectivity index (χ2n) is 5.07. The van der Waals surface area contributed by atoms with Gasteiger partial charge in [-0.05, 0) is 25.3 Å². The molecule has 1 aliphatic heterocycles. The molecule has 1 aliphatic rings. The van der Waals surface area contributed by atoms with Crippen molar-refractivity contribution in [1.82, 2.24) is 10.3 Å². The molecule has 1 N–H and O–H groups in total. The maximum Gasteiger partial charge on any atom is 0.208 e. The van der Waals surface area contributed by atoms with E-state index < -0.39 is 0 Å². The highest BCUT2D eigenvalue weighted by Crippen LogP contribution is 2.27. The molecule has 0 amide bonds. The van der Waals surface area contributed by atoms with Crippen molar-refractivity contribution < 1.29 is 9.15 Å². The minimum atomic E-state index is 0.495. The van der Waals surface area contributed by atoms with Crippen LogP contribution in [0.5, 0.6) is 0 Å². The summed E-state index contributed by atoms with van der Waals surface area (Å²) in [7, 11) is 0. The lowest BCUT2D eigenvalue weighted by atomic mass is 9.98. The van der Waals surface area contributed by atoms with Crippen LogP contribution in [-0.2, 0) is 11.3 Å². The van der Waals surface area contributed by atoms with Crippen LogP contribution in [0, 0.1) is 5.92 Å². The fourth-order valence-corrected chi connectivity index (χ4v) is 2.04. The Balaban J connectivity index is 1.82. The van der Waals surface area contributed by atoms with Crippen LogP contribution in [0.25, 0.3) is 0 Å². The summed E-state index contributed by atoms with van der Waals surface area (Å²) < 4.78 is 11.1. The predicted molar refractivity (Wildman–Crippen MR) is 65.8 cm³/mol. The molecule has 17 heavy (non-hydrogen) atoms. The number of aromatic nitrogens is 1. The molecule has 0 radical (unpaired) electrons. The van der Waals surface area contributed by atoms with E-state index in [9.17, 15) is 0 Å². The third kappa shape index (κ3) is 3.82. The molecule has 0 atom stereocenters. The summed E-state index contributed by atoms with van der Waals surface area (Å²) in [5.41, 5.74) is 0. The first-order valence-electron chi connectivity index (χ1n) is 6.48. The van der Waals surface area contributed by atoms with E-state index in [2.05, 4.69) is 24.1 Å². The Labute approximate surface area is 103 Å². The second kappa shape index (κ2) is 6.17. The topological polar surface area (TPSA) is 47.3 Å². The molecule has 0 bridgehead atoms. The average molecular weight is 238 g/mol. The van der Waals surface area contributed by atoms with Crippen LogP contribution >= 0.6 is 0 Å². The molecule has 1 fully saturated rings. The van der Waals surface area contributed by atoms with Gasteiger partial charge in [0.25, 0.3) is 0 Å². The average Bonchev–Trinajstić information content (AvgIpc) is 2.78. The zero-order chi connectivity index (χ0) is 12.1. The number of oxazole rings is 1. The number of nitrogens with one attached hydrogen (secondary N) is 1. The molecule has 0 aromatic carbocycles. The molecule has 96 valence electrons. The summed E-state index contributed by atoms with van der Waals surface area (Å²) >= 11 is 0. The molecule has 2 rings (SSSR count). The highest BCUT2D eigenvalue weighted by molar-refractivity contribution is 5.02. The Morgan fingerprint density at radius 3 is 2.88 bits per heavy atom. The van der Waals surface area contributed by atoms with Crippen LogP contribution in [0.3, 0.4) is 0 Å². The normalized spacial score (nSPS) is 17.8. The van der Waals surface area contributed by atoms with Crippen molar-refractivity contribution in [2.75, 3.05) is 19.8 Å². The molecule has 1 saturated heterocycles. The van der Waals surface area contributed by atoms with E-state index in [0.29, 0.717) is 11.8 Å². The quantitative estimate of drug-likeness (QED) is 0.855. The molecule has 4 heteroatoms. The van der Waals surface area contributed by atoms with Gasteiger partial charge in [0.1, 0.15) is 5.76 Å². The highest BCUT2D eigenvalue weighted by atomic mass is 16.5. The molecule has 0 saturated carbocycles. The molecular weight excluding hydrogens is 216 g/mol. The van der Waals surface area contributed by atoms with Crippen LogP contribution in [-0.4, -0.2) is 24.7 Å². The number of ether oxygens (including phenoxy) is 1. The largest absolute Gasteiger partial charge is 0.444 e. The Hall–Kier alpha value is -0.870. The van der Waals surface area contributed by atoms with E-state index in [1.807, 2.05) is 6.20 Å². The van der Waals surface area contributed by atoms with Crippen molar-refractivity contribution >= 4 is 0 Å². The Kier molecular flexibility index (Phi) is 4.57. The Bertz CT molecular complexity index is 330. The van der Waals surface area contributed by atoms with E-state index in [4.69, 9.17) is 9.15 Å². The van der Waals surface area contributed by atoms with Gasteiger partial charge in [0, 0.05) is 19.1 Å². The van der Waals surface area contributed by atoms with Gasteiger partial charge in [-0.1, -0.05) is 13.8 Å². The van der Waals surface area contributed by atoms with Crippen LogP contribution in [0.15, 0.2) is 10.6 Å². The minimum Gasteiger partial charge on any atom is -0.444 e. The maximum atomic E-state index is 5.78. The summed E-state index contributed by atoms with van der Waals surface area (Å²) in [4.78, 5) is 4.32. The summed E-state index contributed by atoms with van der Waals surface area (Å²) in [6.07, 6.45) is 3.98. The van der Waals surface area contributed by atoms with Crippen molar-refractivity contribution in [3.8, 4) is 0 Å². The summed E-state index contributed by atoms with van der Waals surface area (Å²) in [5.74, 6) is 2.97. The monoisotopic (exact) mass is 238 g/mol. The number of hydrogen-bond donors (Lipinski definition) is 1. The van der Waals surface area contributed by atoms with Gasteiger partial charge in [0.05, 0.1) is 12.7 Å². The third-order valence-corrected chi connectivity index (χ3v) is 3.02. The van der Waals surface area contributed by atoms with Crippen molar-refractivity contribution in [2.24, 2.45) is 5.92 Å². The Morgan fingerprint density at radius 2 is 2.18 bits per heavy atom. The predicted octanol–water partition coefficient (Wildman–Crippen LogP) is 2.31. The highest BCUT2D eigenvalue weighted by Gasteiger charge is 2.19. The zero-order valence-corrected chi connectivity index (χ0v) is 10.7. The maximum absolute atomic E-state index is 5.78. The molecule has 0 aliphatic carbocycles. The van der Waals surface area contributed by atoms with Crippen molar-refractivity contribution in [1.29, 1.82) is 0 Å². The van der Waals surface area contributed by atoms with Crippen molar-refractivity contribution in [2.45, 2.75) is 39.2 Å². The first kappa shape index (κ1) is 12.6. The summed E-state index contributed by atoms with van der Waals surface area (Å²) in [5, 5.41) is 3.34. The van der Waals surface area contributed by atoms with E-state index in [1.54, 1.807) is 0 Å². The lowest BCUT2D eigenvalue weighted by Gasteiger charge is -2.19. The Morgan fingerprint density at radius 1 is 1.41 bits per heavy atom. The molecule has 2 heterocycles. The number of rotatable bonds is 5. The van der Waals surface area contributed by atoms with Gasteiger partial charge in [0.15, 0.2) is 0 Å². The summed E-state index contributed by atoms with van der Waals surface area (Å²) in [6, 6.07) is 0. The van der Waals surface area contributed by atoms with Crippen LogP contribution < -0.4 is 5.32 Å². The standard InChI is InChI=1S/C13H22N2O2/c1-10(2)7-14-9-13-15-8-12(17-13)11-3-5-16-6-4-11/h8,10-11,14H,3-7,9H2,1-2H3. The van der Waals surface area contributed by atoms with E-state index in [-0.39, 0.29) is 0 Å². The number of nitrogens with zero attached hydrogens (tertiary/aromatic N) is 1. The van der Waals surface area contributed by atoms with Gasteiger partial charge < -0.3 is 14.5 Å². The fraction of sp³-hybridized carbons (Fsp3) is 0.769. The first-order valence-corrected chi connectivity index (χ1v) is 6.48. The molecule has 1 aromatic rings. The van der Waals surface area contributed by atoms with E-state index >= 15 is 0 Å². The van der Waals surface area contributed by atoms with Gasteiger partial charge in [-0.25, -0.2) is 4.98 Å². The second-order valence-corrected chi connectivity index (χ2v) is 5.07. The van der Waals surface area contributed by atoms with Gasteiger partial charge in [-0.2, -0.15) is 0 Å². The van der Waals surface area contributed by atoms with E-state index in [1.165, 1.54) is 0 Å². The van der Waals surface area contributed by atoms with Gasteiger partial charge >= 0.3 is 0 Å². The molecule has 1 aromatic heterocycles. The smallest absolute Gasteiger partial charge is 0.208 e. The molecule has 4 nitrogen and oxygen atoms in total. The summed E-state index contributed by atoms with van der Waals surface area (Å²) in [6.45, 7) is 7.78. The van der Waals surface area contributed by atoms with Crippen LogP contribution in [0.1, 0.15) is 44.3 Å². The minimum absolute atomic E-state index is 0.495. The lowest BCUT2D eigenvalue weighted by molar-refractivity contribution is 0.0803. The van der Waals surface area contributed by atoms with Crippen molar-refractivity contribution in [3.63, 3.8) is 0 Å². The van der Waals surface area contributed by atoms with E-state index in [0.717, 1.165) is 50.8 Å². The SMILES string of the molecule is CC(C)CNCc1ncc(C2CCOCC2)o1. The first-order chi connectivity index (χ1) is 8.25. The lowest BCUT2D eigenvalue weighted by Crippen LogP contribution is -2.19. The fourth-order valence-electron chi connectivity index (χ4n) is 2.04. The third-order valence-electron chi connectivity index (χ3n) is 3.02. The van der Waals surface area contributed by atoms with Crippen molar-refractivity contribution in [3.05, 3.63) is 17.8 Å².